The largest absolute Gasteiger partial charge is 0.378 e. The molecular formula is C9H23NO. The minimum Gasteiger partial charge on any atom is -0.378 e. The van der Waals surface area contributed by atoms with Gasteiger partial charge in [-0.15, -0.1) is 0 Å². The van der Waals surface area contributed by atoms with Crippen LogP contribution in [0.4, 0.5) is 0 Å². The topological polar surface area (TPSA) is 21.3 Å². The van der Waals surface area contributed by atoms with Crippen molar-refractivity contribution in [1.82, 2.24) is 5.32 Å². The van der Waals surface area contributed by atoms with Crippen molar-refractivity contribution in [2.45, 2.75) is 46.2 Å². The number of ether oxygens (including phenoxy) is 1. The highest BCUT2D eigenvalue weighted by Gasteiger charge is 2.12. The Morgan fingerprint density at radius 1 is 1.27 bits per heavy atom. The van der Waals surface area contributed by atoms with Crippen LogP contribution in [0.3, 0.4) is 0 Å². The van der Waals surface area contributed by atoms with Gasteiger partial charge < -0.3 is 10.1 Å². The van der Waals surface area contributed by atoms with Crippen LogP contribution < -0.4 is 5.32 Å². The lowest BCUT2D eigenvalue weighted by Crippen LogP contribution is -2.45. The number of morpholine rings is 1. The maximum absolute atomic E-state index is 5.23. The second-order valence-electron chi connectivity index (χ2n) is 3.21. The first kappa shape index (κ1) is 10.9. The van der Waals surface area contributed by atoms with Gasteiger partial charge in [0.05, 0.1) is 13.2 Å². The van der Waals surface area contributed by atoms with E-state index in [1.807, 2.05) is 0 Å². The van der Waals surface area contributed by atoms with Crippen molar-refractivity contribution >= 4 is 0 Å². The van der Waals surface area contributed by atoms with Crippen molar-refractivity contribution < 1.29 is 6.16 Å². The predicted octanol–water partition coefficient (Wildman–Crippen LogP) is 2.05. The SMILES string of the molecule is CCC.C[C@@H]1COC[C@@H](C)N1.[HH]. The monoisotopic (exact) mass is 161 g/mol. The fraction of sp³-hybridized carbons (Fsp3) is 1.00. The molecule has 0 spiro atoms. The average Bonchev–Trinajstić information content (AvgIpc) is 1.88. The molecule has 11 heavy (non-hydrogen) atoms. The summed E-state index contributed by atoms with van der Waals surface area (Å²) < 4.78 is 5.23. The minimum absolute atomic E-state index is 0. The molecule has 2 nitrogen and oxygen atoms in total. The van der Waals surface area contributed by atoms with E-state index in [1.54, 1.807) is 0 Å². The quantitative estimate of drug-likeness (QED) is 0.587. The fourth-order valence-electron chi connectivity index (χ4n) is 1.00. The van der Waals surface area contributed by atoms with Gasteiger partial charge in [-0.25, -0.2) is 0 Å². The lowest BCUT2D eigenvalue weighted by molar-refractivity contribution is 0.0560. The lowest BCUT2D eigenvalue weighted by Gasteiger charge is -2.25. The van der Waals surface area contributed by atoms with Crippen LogP contribution in [0, 0.1) is 0 Å². The highest BCUT2D eigenvalue weighted by atomic mass is 16.5. The maximum atomic E-state index is 5.23. The number of rotatable bonds is 0. The molecule has 0 aromatic heterocycles. The van der Waals surface area contributed by atoms with Gasteiger partial charge in [0.25, 0.3) is 0 Å². The second-order valence-corrected chi connectivity index (χ2v) is 3.21. The van der Waals surface area contributed by atoms with E-state index in [0.29, 0.717) is 12.1 Å². The first-order valence-corrected chi connectivity index (χ1v) is 4.54. The smallest absolute Gasteiger partial charge is 0.0617 e. The Hall–Kier alpha value is -0.0800. The number of hydrogen-bond acceptors (Lipinski definition) is 2. The van der Waals surface area contributed by atoms with Crippen molar-refractivity contribution in [2.24, 2.45) is 0 Å². The Labute approximate surface area is 71.8 Å². The van der Waals surface area contributed by atoms with E-state index < -0.39 is 0 Å². The molecule has 0 aromatic carbocycles. The second kappa shape index (κ2) is 6.62. The zero-order chi connectivity index (χ0) is 8.69. The molecule has 0 saturated carbocycles. The molecule has 0 radical (unpaired) electrons. The van der Waals surface area contributed by atoms with E-state index in [0.717, 1.165) is 13.2 Å². The average molecular weight is 161 g/mol. The highest BCUT2D eigenvalue weighted by Crippen LogP contribution is 1.96. The Morgan fingerprint density at radius 2 is 1.64 bits per heavy atom. The standard InChI is InChI=1S/C6H13NO.C3H8.H2/c1-5-3-8-4-6(2)7-5;1-3-2;/h5-7H,3-4H2,1-2H3;3H2,1-2H3;1H/t5-,6-;;/m1../s1. The molecule has 70 valence electrons. The molecule has 1 heterocycles. The Kier molecular flexibility index (Phi) is 6.57. The molecule has 0 aromatic rings. The summed E-state index contributed by atoms with van der Waals surface area (Å²) in [5, 5.41) is 3.35. The molecule has 2 heteroatoms. The third-order valence-electron chi connectivity index (χ3n) is 1.30. The molecule has 1 N–H and O–H groups in total. The maximum Gasteiger partial charge on any atom is 0.0617 e. The molecule has 0 amide bonds. The van der Waals surface area contributed by atoms with Crippen LogP contribution in [0.15, 0.2) is 0 Å². The van der Waals surface area contributed by atoms with Crippen LogP contribution >= 0.6 is 0 Å². The van der Waals surface area contributed by atoms with Gasteiger partial charge in [0.15, 0.2) is 0 Å². The zero-order valence-electron chi connectivity index (χ0n) is 8.18. The van der Waals surface area contributed by atoms with Gasteiger partial charge in [-0.05, 0) is 13.8 Å². The molecule has 2 atom stereocenters. The van der Waals surface area contributed by atoms with Crippen LogP contribution in [0.5, 0.6) is 0 Å². The van der Waals surface area contributed by atoms with E-state index >= 15 is 0 Å². The zero-order valence-corrected chi connectivity index (χ0v) is 8.18. The molecule has 1 aliphatic heterocycles. The van der Waals surface area contributed by atoms with E-state index in [4.69, 9.17) is 4.74 Å². The number of hydrogen-bond donors (Lipinski definition) is 1. The lowest BCUT2D eigenvalue weighted by atomic mass is 10.2. The van der Waals surface area contributed by atoms with Gasteiger partial charge >= 0.3 is 0 Å². The van der Waals surface area contributed by atoms with Crippen molar-refractivity contribution in [3.63, 3.8) is 0 Å². The van der Waals surface area contributed by atoms with E-state index in [-0.39, 0.29) is 1.43 Å². The minimum atomic E-state index is 0. The Morgan fingerprint density at radius 3 is 1.82 bits per heavy atom. The first-order chi connectivity index (χ1) is 5.20. The Balaban J connectivity index is 0. The molecule has 0 aliphatic carbocycles. The molecule has 1 aliphatic rings. The van der Waals surface area contributed by atoms with Crippen LogP contribution in [0.1, 0.15) is 35.5 Å². The van der Waals surface area contributed by atoms with Crippen molar-refractivity contribution in [2.75, 3.05) is 13.2 Å². The molecule has 0 bridgehead atoms. The normalized spacial score (nSPS) is 30.5. The third kappa shape index (κ3) is 6.32. The van der Waals surface area contributed by atoms with Crippen molar-refractivity contribution in [3.8, 4) is 0 Å². The summed E-state index contributed by atoms with van der Waals surface area (Å²) in [5.41, 5.74) is 0. The summed E-state index contributed by atoms with van der Waals surface area (Å²) in [6.45, 7) is 10.2. The summed E-state index contributed by atoms with van der Waals surface area (Å²) in [7, 11) is 0. The van der Waals surface area contributed by atoms with Crippen LogP contribution in [0.25, 0.3) is 0 Å². The van der Waals surface area contributed by atoms with Crippen molar-refractivity contribution in [1.29, 1.82) is 0 Å². The predicted molar refractivity (Wildman–Crippen MR) is 51.0 cm³/mol. The van der Waals surface area contributed by atoms with Gasteiger partial charge in [0.2, 0.25) is 0 Å². The van der Waals surface area contributed by atoms with Gasteiger partial charge in [0.1, 0.15) is 0 Å². The third-order valence-corrected chi connectivity index (χ3v) is 1.30. The summed E-state index contributed by atoms with van der Waals surface area (Å²) in [6.07, 6.45) is 1.25. The summed E-state index contributed by atoms with van der Waals surface area (Å²) in [5.74, 6) is 0. The molecule has 1 fully saturated rings. The Bertz CT molecular complexity index is 82.6. The summed E-state index contributed by atoms with van der Waals surface area (Å²) in [4.78, 5) is 0. The fourth-order valence-corrected chi connectivity index (χ4v) is 1.00. The van der Waals surface area contributed by atoms with Gasteiger partial charge in [-0.2, -0.15) is 0 Å². The molecule has 1 saturated heterocycles. The highest BCUT2D eigenvalue weighted by molar-refractivity contribution is 4.70. The molecular weight excluding hydrogens is 138 g/mol. The summed E-state index contributed by atoms with van der Waals surface area (Å²) in [6, 6.07) is 1.08. The number of nitrogens with one attached hydrogen (secondary N) is 1. The van der Waals surface area contributed by atoms with E-state index in [9.17, 15) is 0 Å². The molecule has 0 unspecified atom stereocenters. The van der Waals surface area contributed by atoms with Gasteiger partial charge in [-0.3, -0.25) is 0 Å². The van der Waals surface area contributed by atoms with Crippen LogP contribution in [-0.4, -0.2) is 25.3 Å². The van der Waals surface area contributed by atoms with Crippen molar-refractivity contribution in [3.05, 3.63) is 0 Å². The van der Waals surface area contributed by atoms with Crippen LogP contribution in [0.2, 0.25) is 0 Å². The molecule has 1 rings (SSSR count). The van der Waals surface area contributed by atoms with Gasteiger partial charge in [0, 0.05) is 13.5 Å². The van der Waals surface area contributed by atoms with E-state index in [1.165, 1.54) is 6.42 Å². The van der Waals surface area contributed by atoms with E-state index in [2.05, 4.69) is 33.0 Å². The summed E-state index contributed by atoms with van der Waals surface area (Å²) >= 11 is 0. The first-order valence-electron chi connectivity index (χ1n) is 4.54. The van der Waals surface area contributed by atoms with Gasteiger partial charge in [-0.1, -0.05) is 20.3 Å². The van der Waals surface area contributed by atoms with Crippen LogP contribution in [-0.2, 0) is 4.74 Å².